The molecule has 0 radical (unpaired) electrons. The summed E-state index contributed by atoms with van der Waals surface area (Å²) in [6, 6.07) is 13.6. The molecule has 1 aliphatic carbocycles. The molecule has 0 fully saturated rings. The van der Waals surface area contributed by atoms with Crippen LogP contribution in [-0.2, 0) is 30.8 Å². The smallest absolute Gasteiger partial charge is 0.0725 e. The third kappa shape index (κ3) is 2.34. The number of aryl methyl sites for hydroxylation is 2. The van der Waals surface area contributed by atoms with E-state index in [9.17, 15) is 0 Å². The topological polar surface area (TPSA) is 12.5 Å². The van der Waals surface area contributed by atoms with Crippen molar-refractivity contribution in [3.05, 3.63) is 58.7 Å². The molecule has 2 aliphatic rings. The molecule has 2 aromatic carbocycles. The van der Waals surface area contributed by atoms with Crippen molar-refractivity contribution >= 4 is 11.4 Å². The number of ether oxygens (including phenoxy) is 1. The van der Waals surface area contributed by atoms with Crippen LogP contribution < -0.4 is 4.90 Å². The first-order valence-electron chi connectivity index (χ1n) is 7.86. The van der Waals surface area contributed by atoms with Crippen LogP contribution in [0.3, 0.4) is 0 Å². The standard InChI is InChI=1S/C19H21NO/c1-20(19-9-7-16-12-21-13-17(16)11-19)18-8-6-14-4-2-3-5-15(14)10-18/h6-11H,2-5,12-13H2,1H3. The van der Waals surface area contributed by atoms with E-state index in [1.165, 1.54) is 53.7 Å². The molecular formula is C19H21NO. The maximum Gasteiger partial charge on any atom is 0.0725 e. The van der Waals surface area contributed by atoms with Gasteiger partial charge in [0.05, 0.1) is 13.2 Å². The molecule has 0 amide bonds. The summed E-state index contributed by atoms with van der Waals surface area (Å²) in [5.74, 6) is 0. The van der Waals surface area contributed by atoms with Gasteiger partial charge in [0.1, 0.15) is 0 Å². The molecule has 0 atom stereocenters. The first-order valence-corrected chi connectivity index (χ1v) is 7.86. The van der Waals surface area contributed by atoms with Crippen molar-refractivity contribution in [2.45, 2.75) is 38.9 Å². The van der Waals surface area contributed by atoms with E-state index in [1.807, 2.05) is 0 Å². The van der Waals surface area contributed by atoms with Crippen LogP contribution in [0.5, 0.6) is 0 Å². The Balaban J connectivity index is 1.66. The van der Waals surface area contributed by atoms with Gasteiger partial charge in [-0.2, -0.15) is 0 Å². The normalized spacial score (nSPS) is 16.4. The Hall–Kier alpha value is -1.80. The number of rotatable bonds is 2. The first-order chi connectivity index (χ1) is 10.3. The third-order valence-corrected chi connectivity index (χ3v) is 4.81. The zero-order chi connectivity index (χ0) is 14.2. The van der Waals surface area contributed by atoms with Crippen LogP contribution in [0.2, 0.25) is 0 Å². The van der Waals surface area contributed by atoms with Gasteiger partial charge in [0.15, 0.2) is 0 Å². The number of fused-ring (bicyclic) bond motifs is 2. The Morgan fingerprint density at radius 1 is 0.762 bits per heavy atom. The molecule has 0 unspecified atom stereocenters. The van der Waals surface area contributed by atoms with E-state index < -0.39 is 0 Å². The summed E-state index contributed by atoms with van der Waals surface area (Å²) in [5, 5.41) is 0. The van der Waals surface area contributed by atoms with Gasteiger partial charge in [-0.3, -0.25) is 0 Å². The lowest BCUT2D eigenvalue weighted by molar-refractivity contribution is 0.134. The van der Waals surface area contributed by atoms with Crippen molar-refractivity contribution in [2.24, 2.45) is 0 Å². The number of nitrogens with zero attached hydrogens (tertiary/aromatic N) is 1. The Morgan fingerprint density at radius 2 is 1.38 bits per heavy atom. The highest BCUT2D eigenvalue weighted by molar-refractivity contribution is 5.65. The van der Waals surface area contributed by atoms with Gasteiger partial charge in [-0.15, -0.1) is 0 Å². The lowest BCUT2D eigenvalue weighted by atomic mass is 9.91. The van der Waals surface area contributed by atoms with E-state index >= 15 is 0 Å². The van der Waals surface area contributed by atoms with E-state index in [-0.39, 0.29) is 0 Å². The minimum Gasteiger partial charge on any atom is -0.372 e. The maximum absolute atomic E-state index is 5.51. The molecule has 1 aliphatic heterocycles. The zero-order valence-electron chi connectivity index (χ0n) is 12.6. The van der Waals surface area contributed by atoms with Crippen LogP contribution in [0.1, 0.15) is 35.1 Å². The fourth-order valence-corrected chi connectivity index (χ4v) is 3.44. The second-order valence-electron chi connectivity index (χ2n) is 6.16. The molecule has 0 bridgehead atoms. The molecule has 2 nitrogen and oxygen atoms in total. The lowest BCUT2D eigenvalue weighted by Gasteiger charge is -2.23. The predicted octanol–water partition coefficient (Wildman–Crippen LogP) is 4.36. The summed E-state index contributed by atoms with van der Waals surface area (Å²) in [6.07, 6.45) is 5.15. The van der Waals surface area contributed by atoms with E-state index in [1.54, 1.807) is 5.56 Å². The minimum absolute atomic E-state index is 0.751. The molecule has 1 heterocycles. The van der Waals surface area contributed by atoms with Gasteiger partial charge in [-0.1, -0.05) is 12.1 Å². The second kappa shape index (κ2) is 5.19. The van der Waals surface area contributed by atoms with Gasteiger partial charge in [0.2, 0.25) is 0 Å². The average Bonchev–Trinajstić information content (AvgIpc) is 3.01. The van der Waals surface area contributed by atoms with Gasteiger partial charge in [0, 0.05) is 18.4 Å². The highest BCUT2D eigenvalue weighted by atomic mass is 16.5. The Labute approximate surface area is 126 Å². The lowest BCUT2D eigenvalue weighted by Crippen LogP contribution is -2.11. The van der Waals surface area contributed by atoms with Crippen LogP contribution in [0.25, 0.3) is 0 Å². The summed E-state index contributed by atoms with van der Waals surface area (Å²) in [5.41, 5.74) is 8.27. The van der Waals surface area contributed by atoms with E-state index in [0.717, 1.165) is 13.2 Å². The fraction of sp³-hybridized carbons (Fsp3) is 0.368. The largest absolute Gasteiger partial charge is 0.372 e. The zero-order valence-corrected chi connectivity index (χ0v) is 12.6. The predicted molar refractivity (Wildman–Crippen MR) is 86.1 cm³/mol. The SMILES string of the molecule is CN(c1ccc2c(c1)CCCC2)c1ccc2c(c1)COC2. The first kappa shape index (κ1) is 12.9. The van der Waals surface area contributed by atoms with Crippen LogP contribution in [-0.4, -0.2) is 7.05 Å². The third-order valence-electron chi connectivity index (χ3n) is 4.81. The Morgan fingerprint density at radius 3 is 2.19 bits per heavy atom. The molecule has 0 saturated carbocycles. The summed E-state index contributed by atoms with van der Waals surface area (Å²) >= 11 is 0. The summed E-state index contributed by atoms with van der Waals surface area (Å²) in [6.45, 7) is 1.51. The molecule has 2 heteroatoms. The number of anilines is 2. The minimum atomic E-state index is 0.751. The van der Waals surface area contributed by atoms with Crippen molar-refractivity contribution < 1.29 is 4.74 Å². The van der Waals surface area contributed by atoms with Gasteiger partial charge >= 0.3 is 0 Å². The number of hydrogen-bond donors (Lipinski definition) is 0. The fourth-order valence-electron chi connectivity index (χ4n) is 3.44. The Bertz CT molecular complexity index is 677. The summed E-state index contributed by atoms with van der Waals surface area (Å²) in [7, 11) is 2.15. The molecule has 108 valence electrons. The average molecular weight is 279 g/mol. The molecule has 0 aromatic heterocycles. The van der Waals surface area contributed by atoms with Crippen LogP contribution >= 0.6 is 0 Å². The van der Waals surface area contributed by atoms with Gasteiger partial charge in [-0.05, 0) is 72.2 Å². The van der Waals surface area contributed by atoms with E-state index in [0.29, 0.717) is 0 Å². The number of hydrogen-bond acceptors (Lipinski definition) is 2. The summed E-state index contributed by atoms with van der Waals surface area (Å²) < 4.78 is 5.51. The molecule has 21 heavy (non-hydrogen) atoms. The van der Waals surface area contributed by atoms with Crippen molar-refractivity contribution in [2.75, 3.05) is 11.9 Å². The van der Waals surface area contributed by atoms with Crippen molar-refractivity contribution in [3.63, 3.8) is 0 Å². The van der Waals surface area contributed by atoms with Crippen molar-refractivity contribution in [1.82, 2.24) is 0 Å². The van der Waals surface area contributed by atoms with E-state index in [4.69, 9.17) is 4.74 Å². The van der Waals surface area contributed by atoms with E-state index in [2.05, 4.69) is 48.3 Å². The molecule has 2 aromatic rings. The van der Waals surface area contributed by atoms with Gasteiger partial charge in [-0.25, -0.2) is 0 Å². The molecule has 0 saturated heterocycles. The summed E-state index contributed by atoms with van der Waals surface area (Å²) in [4.78, 5) is 2.29. The monoisotopic (exact) mass is 279 g/mol. The molecule has 0 N–H and O–H groups in total. The molecule has 0 spiro atoms. The van der Waals surface area contributed by atoms with Crippen LogP contribution in [0, 0.1) is 0 Å². The van der Waals surface area contributed by atoms with Crippen molar-refractivity contribution in [3.8, 4) is 0 Å². The van der Waals surface area contributed by atoms with Crippen LogP contribution in [0.15, 0.2) is 36.4 Å². The van der Waals surface area contributed by atoms with Crippen molar-refractivity contribution in [1.29, 1.82) is 0 Å². The second-order valence-corrected chi connectivity index (χ2v) is 6.16. The highest BCUT2D eigenvalue weighted by Gasteiger charge is 2.15. The Kier molecular flexibility index (Phi) is 3.19. The quantitative estimate of drug-likeness (QED) is 0.809. The molecule has 4 rings (SSSR count). The van der Waals surface area contributed by atoms with Crippen LogP contribution in [0.4, 0.5) is 11.4 Å². The highest BCUT2D eigenvalue weighted by Crippen LogP contribution is 2.31. The van der Waals surface area contributed by atoms with Gasteiger partial charge in [0.25, 0.3) is 0 Å². The van der Waals surface area contributed by atoms with Gasteiger partial charge < -0.3 is 9.64 Å². The number of benzene rings is 2. The molecular weight excluding hydrogens is 258 g/mol. The maximum atomic E-state index is 5.51.